The summed E-state index contributed by atoms with van der Waals surface area (Å²) < 4.78 is 5.43. The third-order valence-electron chi connectivity index (χ3n) is 3.87. The molecule has 1 aliphatic rings. The van der Waals surface area contributed by atoms with Crippen LogP contribution in [0.25, 0.3) is 0 Å². The highest BCUT2D eigenvalue weighted by Gasteiger charge is 2.42. The lowest BCUT2D eigenvalue weighted by Crippen LogP contribution is -2.53. The van der Waals surface area contributed by atoms with E-state index < -0.39 is 0 Å². The fourth-order valence-corrected chi connectivity index (χ4v) is 2.30. The van der Waals surface area contributed by atoms with Crippen LogP contribution in [0.1, 0.15) is 20.8 Å². The fraction of sp³-hybridized carbons (Fsp3) is 0.500. The van der Waals surface area contributed by atoms with Gasteiger partial charge in [0.2, 0.25) is 0 Å². The van der Waals surface area contributed by atoms with E-state index in [1.165, 1.54) is 0 Å². The number of para-hydroxylation sites is 2. The number of nitrogens with zero attached hydrogens (tertiary/aromatic N) is 2. The molecular formula is C14H21N3O. The highest BCUT2D eigenvalue weighted by molar-refractivity contribution is 5.99. The van der Waals surface area contributed by atoms with Crippen molar-refractivity contribution >= 4 is 11.6 Å². The molecule has 0 radical (unpaired) electrons. The molecule has 1 aromatic carbocycles. The maximum atomic E-state index is 6.07. The molecule has 0 amide bonds. The maximum absolute atomic E-state index is 6.07. The number of aliphatic imine (C=N–C) groups is 1. The third kappa shape index (κ3) is 1.82. The van der Waals surface area contributed by atoms with Gasteiger partial charge in [-0.05, 0) is 25.0 Å². The first-order valence-electron chi connectivity index (χ1n) is 6.24. The van der Waals surface area contributed by atoms with Crippen LogP contribution in [-0.2, 0) is 0 Å². The molecule has 1 aliphatic heterocycles. The Morgan fingerprint density at radius 1 is 1.39 bits per heavy atom. The van der Waals surface area contributed by atoms with Crippen LogP contribution in [0.4, 0.5) is 5.69 Å². The van der Waals surface area contributed by atoms with Crippen LogP contribution in [0.3, 0.4) is 0 Å². The molecule has 0 spiro atoms. The minimum atomic E-state index is -0.0985. The summed E-state index contributed by atoms with van der Waals surface area (Å²) in [5.41, 5.74) is 6.95. The Balaban J connectivity index is 2.50. The molecule has 98 valence electrons. The summed E-state index contributed by atoms with van der Waals surface area (Å²) in [7, 11) is 1.68. The number of nitrogens with two attached hydrogens (primary N) is 1. The van der Waals surface area contributed by atoms with E-state index in [1.54, 1.807) is 7.11 Å². The highest BCUT2D eigenvalue weighted by atomic mass is 16.5. The molecule has 0 aromatic heterocycles. The fourth-order valence-electron chi connectivity index (χ4n) is 2.30. The van der Waals surface area contributed by atoms with Crippen molar-refractivity contribution in [3.05, 3.63) is 24.3 Å². The zero-order valence-electron chi connectivity index (χ0n) is 11.5. The first-order chi connectivity index (χ1) is 8.50. The number of hydrogen-bond donors (Lipinski definition) is 1. The molecule has 2 N–H and O–H groups in total. The lowest BCUT2D eigenvalue weighted by atomic mass is 9.87. The largest absolute Gasteiger partial charge is 0.495 e. The molecule has 0 saturated carbocycles. The van der Waals surface area contributed by atoms with Gasteiger partial charge < -0.3 is 15.4 Å². The molecule has 0 fully saturated rings. The number of benzene rings is 1. The second kappa shape index (κ2) is 4.52. The number of methoxy groups -OCH3 is 1. The predicted molar refractivity (Wildman–Crippen MR) is 75.2 cm³/mol. The summed E-state index contributed by atoms with van der Waals surface area (Å²) >= 11 is 0. The van der Waals surface area contributed by atoms with E-state index in [0.717, 1.165) is 11.4 Å². The molecule has 1 atom stereocenters. The maximum Gasteiger partial charge on any atom is 0.196 e. The van der Waals surface area contributed by atoms with E-state index in [0.29, 0.717) is 18.4 Å². The van der Waals surface area contributed by atoms with Crippen molar-refractivity contribution in [1.82, 2.24) is 0 Å². The van der Waals surface area contributed by atoms with Crippen LogP contribution in [0.5, 0.6) is 5.75 Å². The number of guanidine groups is 1. The van der Waals surface area contributed by atoms with Crippen molar-refractivity contribution in [1.29, 1.82) is 0 Å². The first-order valence-corrected chi connectivity index (χ1v) is 6.24. The van der Waals surface area contributed by atoms with Crippen molar-refractivity contribution in [2.75, 3.05) is 18.6 Å². The Bertz CT molecular complexity index is 470. The van der Waals surface area contributed by atoms with E-state index in [-0.39, 0.29) is 5.54 Å². The van der Waals surface area contributed by atoms with Crippen LogP contribution in [0, 0.1) is 5.92 Å². The minimum Gasteiger partial charge on any atom is -0.495 e. The van der Waals surface area contributed by atoms with Crippen molar-refractivity contribution in [3.63, 3.8) is 0 Å². The van der Waals surface area contributed by atoms with Gasteiger partial charge in [-0.2, -0.15) is 0 Å². The summed E-state index contributed by atoms with van der Waals surface area (Å²) in [5.74, 6) is 1.83. The number of ether oxygens (including phenoxy) is 1. The molecule has 0 aliphatic carbocycles. The average Bonchev–Trinajstić information content (AvgIpc) is 2.66. The van der Waals surface area contributed by atoms with Gasteiger partial charge in [0.05, 0.1) is 24.9 Å². The lowest BCUT2D eigenvalue weighted by molar-refractivity contribution is 0.359. The van der Waals surface area contributed by atoms with Crippen molar-refractivity contribution in [2.24, 2.45) is 16.6 Å². The van der Waals surface area contributed by atoms with Gasteiger partial charge in [-0.15, -0.1) is 0 Å². The summed E-state index contributed by atoms with van der Waals surface area (Å²) in [6, 6.07) is 7.91. The molecule has 1 heterocycles. The SMILES string of the molecule is COc1ccccc1N1C(N)=NCC1(C)C(C)C. The Labute approximate surface area is 108 Å². The van der Waals surface area contributed by atoms with Crippen molar-refractivity contribution < 1.29 is 4.74 Å². The van der Waals surface area contributed by atoms with Gasteiger partial charge in [0.1, 0.15) is 5.75 Å². The molecule has 0 bridgehead atoms. The van der Waals surface area contributed by atoms with Gasteiger partial charge in [0.25, 0.3) is 0 Å². The molecule has 1 unspecified atom stereocenters. The normalized spacial score (nSPS) is 23.4. The quantitative estimate of drug-likeness (QED) is 0.891. The van der Waals surface area contributed by atoms with Gasteiger partial charge in [-0.25, -0.2) is 0 Å². The van der Waals surface area contributed by atoms with Gasteiger partial charge >= 0.3 is 0 Å². The average molecular weight is 247 g/mol. The van der Waals surface area contributed by atoms with Crippen molar-refractivity contribution in [3.8, 4) is 5.75 Å². The smallest absolute Gasteiger partial charge is 0.196 e. The zero-order valence-corrected chi connectivity index (χ0v) is 11.5. The zero-order chi connectivity index (χ0) is 13.3. The van der Waals surface area contributed by atoms with Gasteiger partial charge in [0, 0.05) is 0 Å². The number of hydrogen-bond acceptors (Lipinski definition) is 4. The molecule has 4 heteroatoms. The van der Waals surface area contributed by atoms with E-state index in [9.17, 15) is 0 Å². The van der Waals surface area contributed by atoms with E-state index in [2.05, 4.69) is 30.7 Å². The minimum absolute atomic E-state index is 0.0985. The van der Waals surface area contributed by atoms with Gasteiger partial charge in [-0.1, -0.05) is 26.0 Å². The Morgan fingerprint density at radius 3 is 2.67 bits per heavy atom. The molecule has 2 rings (SSSR count). The monoisotopic (exact) mass is 247 g/mol. The Hall–Kier alpha value is -1.71. The second-order valence-electron chi connectivity index (χ2n) is 5.19. The predicted octanol–water partition coefficient (Wildman–Crippen LogP) is 2.24. The standard InChI is InChI=1S/C14H21N3O/c1-10(2)14(3)9-16-13(15)17(14)11-7-5-6-8-12(11)18-4/h5-8,10H,9H2,1-4H3,(H2,15,16). The van der Waals surface area contributed by atoms with Crippen LogP contribution >= 0.6 is 0 Å². The number of anilines is 1. The molecule has 18 heavy (non-hydrogen) atoms. The van der Waals surface area contributed by atoms with E-state index >= 15 is 0 Å². The van der Waals surface area contributed by atoms with Gasteiger partial charge in [-0.3, -0.25) is 4.99 Å². The number of rotatable bonds is 3. The molecule has 4 nitrogen and oxygen atoms in total. The van der Waals surface area contributed by atoms with Crippen LogP contribution in [-0.4, -0.2) is 25.2 Å². The summed E-state index contributed by atoms with van der Waals surface area (Å²) in [6.07, 6.45) is 0. The topological polar surface area (TPSA) is 50.9 Å². The van der Waals surface area contributed by atoms with Crippen LogP contribution < -0.4 is 15.4 Å². The van der Waals surface area contributed by atoms with Crippen LogP contribution in [0.2, 0.25) is 0 Å². The first kappa shape index (κ1) is 12.7. The highest BCUT2D eigenvalue weighted by Crippen LogP contribution is 2.38. The molecule has 1 aromatic rings. The summed E-state index contributed by atoms with van der Waals surface area (Å²) in [6.45, 7) is 7.29. The summed E-state index contributed by atoms with van der Waals surface area (Å²) in [5, 5.41) is 0. The Morgan fingerprint density at radius 2 is 2.06 bits per heavy atom. The van der Waals surface area contributed by atoms with E-state index in [1.807, 2.05) is 24.3 Å². The van der Waals surface area contributed by atoms with Gasteiger partial charge in [0.15, 0.2) is 5.96 Å². The molecular weight excluding hydrogens is 226 g/mol. The Kier molecular flexibility index (Phi) is 3.20. The second-order valence-corrected chi connectivity index (χ2v) is 5.19. The third-order valence-corrected chi connectivity index (χ3v) is 3.87. The van der Waals surface area contributed by atoms with E-state index in [4.69, 9.17) is 10.5 Å². The van der Waals surface area contributed by atoms with Crippen LogP contribution in [0.15, 0.2) is 29.3 Å². The molecule has 0 saturated heterocycles. The van der Waals surface area contributed by atoms with Crippen molar-refractivity contribution in [2.45, 2.75) is 26.3 Å². The summed E-state index contributed by atoms with van der Waals surface area (Å²) in [4.78, 5) is 6.50. The lowest BCUT2D eigenvalue weighted by Gasteiger charge is -2.39.